The molecule has 1 fully saturated rings. The molecule has 0 radical (unpaired) electrons. The molecule has 1 saturated carbocycles. The summed E-state index contributed by atoms with van der Waals surface area (Å²) in [5.41, 5.74) is 0. The van der Waals surface area contributed by atoms with Crippen LogP contribution >= 0.6 is 0 Å². The number of imide groups is 1. The van der Waals surface area contributed by atoms with E-state index < -0.39 is 40.6 Å². The number of amides is 3. The third-order valence-electron chi connectivity index (χ3n) is 5.08. The standard InChI is InChI=1S/C20H29N3O7S/c1-13-6-4-5-7-17(13)21-20(26)22-18(24)12-30-19(25)14(2)23-31(27,28)16-10-8-15(29-3)9-11-16/h8-11,13-14,17,23H,4-7,12H2,1-3H3,(H2,21,22,24,26)/t13?,14-,17?/m0/s1. The second kappa shape index (κ2) is 11.1. The van der Waals surface area contributed by atoms with Crippen molar-refractivity contribution < 1.29 is 32.3 Å². The predicted molar refractivity (Wildman–Crippen MR) is 112 cm³/mol. The van der Waals surface area contributed by atoms with Gasteiger partial charge in [-0.15, -0.1) is 0 Å². The van der Waals surface area contributed by atoms with Crippen LogP contribution in [0.15, 0.2) is 29.2 Å². The maximum Gasteiger partial charge on any atom is 0.324 e. The maximum absolute atomic E-state index is 12.4. The summed E-state index contributed by atoms with van der Waals surface area (Å²) in [5.74, 6) is -0.945. The van der Waals surface area contributed by atoms with Crippen molar-refractivity contribution in [3.63, 3.8) is 0 Å². The molecule has 172 valence electrons. The predicted octanol–water partition coefficient (Wildman–Crippen LogP) is 1.31. The average molecular weight is 456 g/mol. The number of methoxy groups -OCH3 is 1. The Bertz CT molecular complexity index is 887. The lowest BCUT2D eigenvalue weighted by Crippen LogP contribution is -2.49. The molecule has 0 heterocycles. The molecule has 3 N–H and O–H groups in total. The summed E-state index contributed by atoms with van der Waals surface area (Å²) in [5, 5.41) is 4.87. The highest BCUT2D eigenvalue weighted by Crippen LogP contribution is 2.23. The minimum atomic E-state index is -3.98. The van der Waals surface area contributed by atoms with Crippen LogP contribution < -0.4 is 20.1 Å². The van der Waals surface area contributed by atoms with Gasteiger partial charge in [-0.05, 0) is 49.9 Å². The molecule has 2 unspecified atom stereocenters. The van der Waals surface area contributed by atoms with Crippen LogP contribution in [0.2, 0.25) is 0 Å². The third kappa shape index (κ3) is 7.51. The number of hydrogen-bond donors (Lipinski definition) is 3. The van der Waals surface area contributed by atoms with Gasteiger partial charge in [-0.3, -0.25) is 14.9 Å². The van der Waals surface area contributed by atoms with Crippen molar-refractivity contribution in [1.29, 1.82) is 0 Å². The van der Waals surface area contributed by atoms with E-state index in [9.17, 15) is 22.8 Å². The van der Waals surface area contributed by atoms with Gasteiger partial charge in [0.25, 0.3) is 5.91 Å². The van der Waals surface area contributed by atoms with Gasteiger partial charge >= 0.3 is 12.0 Å². The van der Waals surface area contributed by atoms with E-state index in [1.54, 1.807) is 0 Å². The highest BCUT2D eigenvalue weighted by atomic mass is 32.2. The van der Waals surface area contributed by atoms with Crippen LogP contribution in [-0.2, 0) is 24.3 Å². The van der Waals surface area contributed by atoms with E-state index in [1.165, 1.54) is 38.3 Å². The Kier molecular flexibility index (Phi) is 8.81. The van der Waals surface area contributed by atoms with E-state index in [0.29, 0.717) is 11.7 Å². The lowest BCUT2D eigenvalue weighted by molar-refractivity contribution is -0.149. The second-order valence-corrected chi connectivity index (χ2v) is 9.23. The van der Waals surface area contributed by atoms with Gasteiger partial charge in [0.2, 0.25) is 10.0 Å². The molecule has 0 aliphatic heterocycles. The lowest BCUT2D eigenvalue weighted by Gasteiger charge is -2.29. The monoisotopic (exact) mass is 455 g/mol. The van der Waals surface area contributed by atoms with Crippen LogP contribution in [0.25, 0.3) is 0 Å². The minimum absolute atomic E-state index is 0.00326. The topological polar surface area (TPSA) is 140 Å². The molecule has 1 aliphatic rings. The van der Waals surface area contributed by atoms with Gasteiger partial charge in [0, 0.05) is 6.04 Å². The summed E-state index contributed by atoms with van der Waals surface area (Å²) in [4.78, 5) is 35.8. The maximum atomic E-state index is 12.4. The van der Waals surface area contributed by atoms with Gasteiger partial charge in [-0.1, -0.05) is 19.8 Å². The van der Waals surface area contributed by atoms with Crippen LogP contribution in [-0.4, -0.2) is 52.1 Å². The number of ether oxygens (including phenoxy) is 2. The smallest absolute Gasteiger partial charge is 0.324 e. The number of carbonyl (C=O) groups is 3. The van der Waals surface area contributed by atoms with Gasteiger partial charge in [-0.2, -0.15) is 4.72 Å². The first kappa shape index (κ1) is 24.6. The van der Waals surface area contributed by atoms with E-state index >= 15 is 0 Å². The van der Waals surface area contributed by atoms with Crippen molar-refractivity contribution in [3.05, 3.63) is 24.3 Å². The summed E-state index contributed by atoms with van der Waals surface area (Å²) in [6, 6.07) is 3.72. The fraction of sp³-hybridized carbons (Fsp3) is 0.550. The number of hydrogen-bond acceptors (Lipinski definition) is 7. The summed E-state index contributed by atoms with van der Waals surface area (Å²) >= 11 is 0. The molecule has 0 aromatic heterocycles. The van der Waals surface area contributed by atoms with E-state index in [0.717, 1.165) is 25.7 Å². The fourth-order valence-electron chi connectivity index (χ4n) is 3.26. The Morgan fingerprint density at radius 3 is 2.39 bits per heavy atom. The van der Waals surface area contributed by atoms with E-state index in [-0.39, 0.29) is 10.9 Å². The highest BCUT2D eigenvalue weighted by Gasteiger charge is 2.25. The van der Waals surface area contributed by atoms with Gasteiger partial charge in [-0.25, -0.2) is 13.2 Å². The number of rotatable bonds is 8. The molecule has 1 aromatic carbocycles. The number of esters is 1. The van der Waals surface area contributed by atoms with Crippen molar-refractivity contribution >= 4 is 27.9 Å². The summed E-state index contributed by atoms with van der Waals surface area (Å²) in [7, 11) is -2.53. The van der Waals surface area contributed by atoms with Gasteiger partial charge in [0.15, 0.2) is 6.61 Å². The normalized spacial score (nSPS) is 19.7. The Morgan fingerprint density at radius 1 is 1.13 bits per heavy atom. The number of nitrogens with one attached hydrogen (secondary N) is 3. The number of urea groups is 1. The van der Waals surface area contributed by atoms with Crippen molar-refractivity contribution in [2.75, 3.05) is 13.7 Å². The van der Waals surface area contributed by atoms with Crippen LogP contribution in [0.4, 0.5) is 4.79 Å². The first-order chi connectivity index (χ1) is 14.6. The van der Waals surface area contributed by atoms with Crippen LogP contribution in [0.3, 0.4) is 0 Å². The Balaban J connectivity index is 1.78. The van der Waals surface area contributed by atoms with Gasteiger partial charge < -0.3 is 14.8 Å². The zero-order valence-corrected chi connectivity index (χ0v) is 18.7. The SMILES string of the molecule is COc1ccc(S(=O)(=O)N[C@@H](C)C(=O)OCC(=O)NC(=O)NC2CCCCC2C)cc1. The van der Waals surface area contributed by atoms with Gasteiger partial charge in [0.1, 0.15) is 11.8 Å². The van der Waals surface area contributed by atoms with Crippen molar-refractivity contribution in [3.8, 4) is 5.75 Å². The quantitative estimate of drug-likeness (QED) is 0.502. The van der Waals surface area contributed by atoms with Crippen molar-refractivity contribution in [1.82, 2.24) is 15.4 Å². The summed E-state index contributed by atoms with van der Waals surface area (Å²) in [6.45, 7) is 2.63. The zero-order valence-electron chi connectivity index (χ0n) is 17.8. The number of carbonyl (C=O) groups excluding carboxylic acids is 3. The molecule has 3 atom stereocenters. The lowest BCUT2D eigenvalue weighted by atomic mass is 9.86. The molecule has 0 spiro atoms. The molecule has 11 heteroatoms. The Labute approximate surface area is 182 Å². The second-order valence-electron chi connectivity index (χ2n) is 7.52. The van der Waals surface area contributed by atoms with Crippen molar-refractivity contribution in [2.45, 2.75) is 56.5 Å². The molecule has 0 bridgehead atoms. The Hall–Kier alpha value is -2.66. The molecule has 0 saturated heterocycles. The molecule has 2 rings (SSSR count). The number of sulfonamides is 1. The molecule has 3 amide bonds. The molecular formula is C20H29N3O7S. The van der Waals surface area contributed by atoms with Crippen LogP contribution in [0.1, 0.15) is 39.5 Å². The number of benzene rings is 1. The largest absolute Gasteiger partial charge is 0.497 e. The van der Waals surface area contributed by atoms with Crippen molar-refractivity contribution in [2.24, 2.45) is 5.92 Å². The first-order valence-electron chi connectivity index (χ1n) is 10.1. The zero-order chi connectivity index (χ0) is 23.0. The average Bonchev–Trinajstić information content (AvgIpc) is 2.73. The molecule has 1 aliphatic carbocycles. The van der Waals surface area contributed by atoms with E-state index in [4.69, 9.17) is 9.47 Å². The molecule has 31 heavy (non-hydrogen) atoms. The molecule has 10 nitrogen and oxygen atoms in total. The molecular weight excluding hydrogens is 426 g/mol. The van der Waals surface area contributed by atoms with Crippen LogP contribution in [0.5, 0.6) is 5.75 Å². The van der Waals surface area contributed by atoms with E-state index in [1.807, 2.05) is 6.92 Å². The first-order valence-corrected chi connectivity index (χ1v) is 11.5. The van der Waals surface area contributed by atoms with Gasteiger partial charge in [0.05, 0.1) is 12.0 Å². The molecule has 1 aromatic rings. The fourth-order valence-corrected chi connectivity index (χ4v) is 4.46. The summed E-state index contributed by atoms with van der Waals surface area (Å²) in [6.07, 6.45) is 4.01. The summed E-state index contributed by atoms with van der Waals surface area (Å²) < 4.78 is 36.7. The van der Waals surface area contributed by atoms with E-state index in [2.05, 4.69) is 15.4 Å². The highest BCUT2D eigenvalue weighted by molar-refractivity contribution is 7.89. The minimum Gasteiger partial charge on any atom is -0.497 e. The van der Waals surface area contributed by atoms with Crippen LogP contribution in [0, 0.1) is 5.92 Å². The third-order valence-corrected chi connectivity index (χ3v) is 6.64. The Morgan fingerprint density at radius 2 is 1.77 bits per heavy atom.